The maximum Gasteiger partial charge on any atom is 0.265 e. The summed E-state index contributed by atoms with van der Waals surface area (Å²) in [6.07, 6.45) is 0.893. The van der Waals surface area contributed by atoms with Crippen molar-refractivity contribution in [2.75, 3.05) is 49.1 Å². The number of fused-ring (bicyclic) bond motifs is 1. The minimum atomic E-state index is -1.28. The Bertz CT molecular complexity index is 2320. The molecule has 4 heterocycles. The Morgan fingerprint density at radius 2 is 1.55 bits per heavy atom. The molecule has 4 aliphatic heterocycles. The molecule has 3 aromatic rings. The molecule has 8 rings (SSSR count). The number of piperazine rings is 1. The van der Waals surface area contributed by atoms with Gasteiger partial charge in [-0.2, -0.15) is 5.26 Å². The van der Waals surface area contributed by atoms with Crippen molar-refractivity contribution in [3.05, 3.63) is 87.4 Å². The van der Waals surface area contributed by atoms with E-state index in [1.165, 1.54) is 0 Å². The molecule has 0 radical (unpaired) electrons. The highest BCUT2D eigenvalue weighted by Gasteiger charge is 2.64. The molecule has 2 N–H and O–H groups in total. The summed E-state index contributed by atoms with van der Waals surface area (Å²) in [4.78, 5) is 70.9. The largest absolute Gasteiger partial charge is 0.489 e. The predicted molar refractivity (Wildman–Crippen MR) is 218 cm³/mol. The first-order valence-electron chi connectivity index (χ1n) is 20.3. The smallest absolute Gasteiger partial charge is 0.265 e. The standard InChI is InChI=1S/C44H46ClF2N7O6/c1-43(2)41(44(3,4)42(43)60-28-10-7-25(23-48)30(45)21-28)50-37(56)24-5-8-26(9-6-24)51-17-19-52(20-18-51)27-13-15-53(16-14-27)36-31(46)22-29-34(35(36)47)40(59)54(39(29)58)32-11-12-33(55)49-38(32)57/h5-10,21-22,27,32,41-42H,11-20H2,1-4H3,(H,50,56)(H,49,55,57)/t32?,41-,42-. The second-order valence-corrected chi connectivity index (χ2v) is 17.9. The van der Waals surface area contributed by atoms with Gasteiger partial charge in [-0.05, 0) is 61.7 Å². The monoisotopic (exact) mass is 841 g/mol. The van der Waals surface area contributed by atoms with Crippen LogP contribution < -0.4 is 25.2 Å². The molecule has 3 saturated heterocycles. The number of anilines is 2. The average molecular weight is 842 g/mol. The highest BCUT2D eigenvalue weighted by Crippen LogP contribution is 2.55. The average Bonchev–Trinajstić information content (AvgIpc) is 3.47. The quantitative estimate of drug-likeness (QED) is 0.286. The Kier molecular flexibility index (Phi) is 10.6. The van der Waals surface area contributed by atoms with Crippen LogP contribution in [0.3, 0.4) is 0 Å². The molecule has 3 aromatic carbocycles. The summed E-state index contributed by atoms with van der Waals surface area (Å²) < 4.78 is 37.9. The minimum Gasteiger partial charge on any atom is -0.489 e. The zero-order chi connectivity index (χ0) is 42.8. The number of piperidine rings is 2. The number of rotatable bonds is 8. The molecule has 5 amide bonds. The van der Waals surface area contributed by atoms with Gasteiger partial charge in [0.05, 0.1) is 21.7 Å². The molecule has 1 atom stereocenters. The van der Waals surface area contributed by atoms with Crippen molar-refractivity contribution in [3.63, 3.8) is 0 Å². The topological polar surface area (TPSA) is 155 Å². The maximum atomic E-state index is 16.0. The summed E-state index contributed by atoms with van der Waals surface area (Å²) in [6, 6.07) is 14.3. The molecule has 0 bridgehead atoms. The molecule has 0 aromatic heterocycles. The number of halogens is 3. The zero-order valence-electron chi connectivity index (χ0n) is 33.8. The van der Waals surface area contributed by atoms with E-state index in [1.54, 1.807) is 23.1 Å². The van der Waals surface area contributed by atoms with Gasteiger partial charge in [-0.1, -0.05) is 39.3 Å². The van der Waals surface area contributed by atoms with Crippen molar-refractivity contribution >= 4 is 52.5 Å². The van der Waals surface area contributed by atoms with Gasteiger partial charge < -0.3 is 19.9 Å². The van der Waals surface area contributed by atoms with Gasteiger partial charge in [-0.3, -0.25) is 39.1 Å². The summed E-state index contributed by atoms with van der Waals surface area (Å²) in [5, 5.41) is 14.9. The summed E-state index contributed by atoms with van der Waals surface area (Å²) >= 11 is 6.24. The number of nitrogens with zero attached hydrogens (tertiary/aromatic N) is 5. The number of carbonyl (C=O) groups excluding carboxylic acids is 5. The van der Waals surface area contributed by atoms with Gasteiger partial charge in [0.2, 0.25) is 11.8 Å². The fraction of sp³-hybridized carbons (Fsp3) is 0.455. The van der Waals surface area contributed by atoms with Gasteiger partial charge in [0, 0.05) is 85.9 Å². The maximum absolute atomic E-state index is 16.0. The third-order valence-corrected chi connectivity index (χ3v) is 13.4. The lowest BCUT2D eigenvalue weighted by atomic mass is 9.49. The molecule has 60 heavy (non-hydrogen) atoms. The lowest BCUT2D eigenvalue weighted by Crippen LogP contribution is -2.74. The number of nitriles is 1. The molecular formula is C44H46ClF2N7O6. The second kappa shape index (κ2) is 15.5. The molecule has 0 spiro atoms. The number of ether oxygens (including phenoxy) is 1. The van der Waals surface area contributed by atoms with Gasteiger partial charge in [-0.15, -0.1) is 0 Å². The summed E-state index contributed by atoms with van der Waals surface area (Å²) in [6.45, 7) is 12.0. The van der Waals surface area contributed by atoms with Crippen molar-refractivity contribution in [2.24, 2.45) is 10.8 Å². The third kappa shape index (κ3) is 7.03. The molecule has 314 valence electrons. The Labute approximate surface area is 351 Å². The van der Waals surface area contributed by atoms with Crippen LogP contribution in [0.2, 0.25) is 5.02 Å². The first kappa shape index (κ1) is 41.2. The van der Waals surface area contributed by atoms with Crippen LogP contribution in [0, 0.1) is 33.8 Å². The van der Waals surface area contributed by atoms with Crippen LogP contribution in [-0.4, -0.2) is 103 Å². The first-order valence-corrected chi connectivity index (χ1v) is 20.6. The van der Waals surface area contributed by atoms with Crippen LogP contribution in [0.25, 0.3) is 0 Å². The number of carbonyl (C=O) groups is 5. The lowest BCUT2D eigenvalue weighted by molar-refractivity contribution is -0.164. The predicted octanol–water partition coefficient (Wildman–Crippen LogP) is 5.29. The number of hydrogen-bond donors (Lipinski definition) is 2. The van der Waals surface area contributed by atoms with Crippen LogP contribution in [0.1, 0.15) is 90.0 Å². The van der Waals surface area contributed by atoms with Crippen molar-refractivity contribution in [2.45, 2.75) is 77.6 Å². The van der Waals surface area contributed by atoms with E-state index >= 15 is 8.78 Å². The molecule has 1 aliphatic carbocycles. The second-order valence-electron chi connectivity index (χ2n) is 17.5. The van der Waals surface area contributed by atoms with E-state index in [2.05, 4.69) is 54.2 Å². The van der Waals surface area contributed by atoms with Crippen LogP contribution >= 0.6 is 11.6 Å². The summed E-state index contributed by atoms with van der Waals surface area (Å²) in [7, 11) is 0. The Hall–Kier alpha value is -5.59. The van der Waals surface area contributed by atoms with Crippen molar-refractivity contribution in [3.8, 4) is 11.8 Å². The fourth-order valence-electron chi connectivity index (χ4n) is 10.3. The number of benzene rings is 3. The third-order valence-electron chi connectivity index (χ3n) is 13.1. The van der Waals surface area contributed by atoms with E-state index in [0.717, 1.165) is 37.9 Å². The zero-order valence-corrected chi connectivity index (χ0v) is 34.6. The lowest BCUT2D eigenvalue weighted by Gasteiger charge is -2.63. The van der Waals surface area contributed by atoms with Crippen LogP contribution in [0.4, 0.5) is 20.2 Å². The fourth-order valence-corrected chi connectivity index (χ4v) is 10.5. The molecule has 13 nitrogen and oxygen atoms in total. The number of nitrogens with one attached hydrogen (secondary N) is 2. The normalized spacial score (nSPS) is 24.1. The Morgan fingerprint density at radius 1 is 0.883 bits per heavy atom. The van der Waals surface area contributed by atoms with Crippen molar-refractivity contribution in [1.82, 2.24) is 20.4 Å². The highest BCUT2D eigenvalue weighted by atomic mass is 35.5. The molecule has 1 unspecified atom stereocenters. The molecule has 1 saturated carbocycles. The van der Waals surface area contributed by atoms with E-state index in [4.69, 9.17) is 16.3 Å². The molecule has 5 aliphatic rings. The number of hydrogen-bond acceptors (Lipinski definition) is 10. The van der Waals surface area contributed by atoms with Gasteiger partial charge in [0.25, 0.3) is 17.7 Å². The SMILES string of the molecule is CC1(C)[C@H](NC(=O)c2ccc(N3CCN(C4CCN(c5c(F)cc6c(c5F)C(=O)N(C5CCC(=O)NC5=O)C6=O)CC4)CC3)cc2)C(C)(C)[C@H]1Oc1ccc(C#N)c(Cl)c1. The van der Waals surface area contributed by atoms with Crippen LogP contribution in [-0.2, 0) is 9.59 Å². The van der Waals surface area contributed by atoms with Crippen LogP contribution in [0.5, 0.6) is 5.75 Å². The van der Waals surface area contributed by atoms with E-state index < -0.39 is 63.3 Å². The number of imide groups is 2. The summed E-state index contributed by atoms with van der Waals surface area (Å²) in [5.41, 5.74) is -0.184. The summed E-state index contributed by atoms with van der Waals surface area (Å²) in [5.74, 6) is -4.98. The van der Waals surface area contributed by atoms with E-state index in [1.807, 2.05) is 24.3 Å². The Balaban J connectivity index is 0.834. The van der Waals surface area contributed by atoms with Gasteiger partial charge in [0.15, 0.2) is 5.82 Å². The van der Waals surface area contributed by atoms with Gasteiger partial charge in [-0.25, -0.2) is 8.78 Å². The first-order chi connectivity index (χ1) is 28.5. The Morgan fingerprint density at radius 3 is 2.17 bits per heavy atom. The number of amides is 5. The van der Waals surface area contributed by atoms with E-state index in [0.29, 0.717) is 52.7 Å². The van der Waals surface area contributed by atoms with Gasteiger partial charge in [0.1, 0.15) is 35.5 Å². The molecule has 4 fully saturated rings. The molecule has 16 heteroatoms. The van der Waals surface area contributed by atoms with E-state index in [-0.39, 0.29) is 42.6 Å². The van der Waals surface area contributed by atoms with Crippen molar-refractivity contribution in [1.29, 1.82) is 5.26 Å². The van der Waals surface area contributed by atoms with Crippen molar-refractivity contribution < 1.29 is 37.5 Å². The van der Waals surface area contributed by atoms with E-state index in [9.17, 15) is 29.2 Å². The highest BCUT2D eigenvalue weighted by molar-refractivity contribution is 6.31. The van der Waals surface area contributed by atoms with Crippen LogP contribution in [0.15, 0.2) is 48.5 Å². The molecular weight excluding hydrogens is 796 g/mol. The minimum absolute atomic E-state index is 0.0819. The van der Waals surface area contributed by atoms with Gasteiger partial charge >= 0.3 is 0 Å².